The summed E-state index contributed by atoms with van der Waals surface area (Å²) >= 11 is 0. The topological polar surface area (TPSA) is 42.7 Å². The lowest BCUT2D eigenvalue weighted by atomic mass is 10.1. The fourth-order valence-corrected chi connectivity index (χ4v) is 2.84. The molecule has 2 aromatic rings. The van der Waals surface area contributed by atoms with Gasteiger partial charge in [-0.25, -0.2) is 4.68 Å². The highest BCUT2D eigenvalue weighted by molar-refractivity contribution is 5.61. The Morgan fingerprint density at radius 2 is 1.84 bits per heavy atom. The van der Waals surface area contributed by atoms with E-state index in [1.54, 1.807) is 6.20 Å². The molecule has 0 bridgehead atoms. The van der Waals surface area contributed by atoms with E-state index in [1.165, 1.54) is 31.4 Å². The van der Waals surface area contributed by atoms with Crippen LogP contribution in [0.2, 0.25) is 0 Å². The van der Waals surface area contributed by atoms with Crippen LogP contribution in [0.15, 0.2) is 36.7 Å². The third-order valence-electron chi connectivity index (χ3n) is 4.16. The van der Waals surface area contributed by atoms with Gasteiger partial charge in [0.25, 0.3) is 0 Å². The molecule has 0 amide bonds. The summed E-state index contributed by atoms with van der Waals surface area (Å²) in [6, 6.07) is 9.03. The van der Waals surface area contributed by atoms with Crippen LogP contribution in [-0.2, 0) is 0 Å². The zero-order chi connectivity index (χ0) is 12.7. The third-order valence-corrected chi connectivity index (χ3v) is 4.16. The second-order valence-electron chi connectivity index (χ2n) is 5.71. The number of para-hydroxylation sites is 2. The molecule has 4 rings (SSSR count). The van der Waals surface area contributed by atoms with Gasteiger partial charge < -0.3 is 5.32 Å². The van der Waals surface area contributed by atoms with Gasteiger partial charge in [-0.2, -0.15) is 0 Å². The van der Waals surface area contributed by atoms with Gasteiger partial charge in [-0.15, -0.1) is 5.10 Å². The Morgan fingerprint density at radius 1 is 1.11 bits per heavy atom. The van der Waals surface area contributed by atoms with Gasteiger partial charge in [0.2, 0.25) is 0 Å². The van der Waals surface area contributed by atoms with Gasteiger partial charge in [0.15, 0.2) is 0 Å². The summed E-state index contributed by atoms with van der Waals surface area (Å²) in [7, 11) is 0. The first kappa shape index (κ1) is 11.0. The van der Waals surface area contributed by atoms with E-state index in [2.05, 4.69) is 33.8 Å². The molecule has 4 heteroatoms. The van der Waals surface area contributed by atoms with Gasteiger partial charge in [-0.3, -0.25) is 0 Å². The SMILES string of the molecule is c1ccc(-n2ccnn2)c(NC(C2CC2)C2CC2)c1. The molecule has 1 N–H and O–H groups in total. The van der Waals surface area contributed by atoms with Crippen LogP contribution < -0.4 is 5.32 Å². The molecule has 0 aliphatic heterocycles. The van der Waals surface area contributed by atoms with E-state index >= 15 is 0 Å². The minimum atomic E-state index is 0.657. The van der Waals surface area contributed by atoms with E-state index < -0.39 is 0 Å². The highest BCUT2D eigenvalue weighted by atomic mass is 15.4. The molecule has 0 unspecified atom stereocenters. The van der Waals surface area contributed by atoms with Gasteiger partial charge in [-0.05, 0) is 49.7 Å². The van der Waals surface area contributed by atoms with Gasteiger partial charge >= 0.3 is 0 Å². The second-order valence-corrected chi connectivity index (χ2v) is 5.71. The van der Waals surface area contributed by atoms with Crippen LogP contribution in [0, 0.1) is 11.8 Å². The lowest BCUT2D eigenvalue weighted by Gasteiger charge is -2.21. The molecule has 4 nitrogen and oxygen atoms in total. The first-order valence-electron chi connectivity index (χ1n) is 7.14. The average molecular weight is 254 g/mol. The molecule has 2 aliphatic carbocycles. The van der Waals surface area contributed by atoms with Crippen LogP contribution in [0.4, 0.5) is 5.69 Å². The minimum absolute atomic E-state index is 0.657. The van der Waals surface area contributed by atoms with Crippen molar-refractivity contribution in [2.24, 2.45) is 11.8 Å². The van der Waals surface area contributed by atoms with E-state index in [0.29, 0.717) is 6.04 Å². The maximum Gasteiger partial charge on any atom is 0.0894 e. The Bertz CT molecular complexity index is 543. The van der Waals surface area contributed by atoms with Crippen LogP contribution in [0.5, 0.6) is 0 Å². The summed E-state index contributed by atoms with van der Waals surface area (Å²) in [4.78, 5) is 0. The molecule has 1 aromatic heterocycles. The standard InChI is InChI=1S/C15H18N4/c1-2-4-14(19-10-9-16-18-19)13(3-1)17-15(11-5-6-11)12-7-8-12/h1-4,9-12,15,17H,5-8H2. The highest BCUT2D eigenvalue weighted by Crippen LogP contribution is 2.46. The normalized spacial score (nSPS) is 18.8. The maximum absolute atomic E-state index is 4.10. The van der Waals surface area contributed by atoms with Crippen LogP contribution >= 0.6 is 0 Å². The molecular weight excluding hydrogens is 236 g/mol. The van der Waals surface area contributed by atoms with E-state index in [4.69, 9.17) is 0 Å². The number of anilines is 1. The third kappa shape index (κ3) is 2.23. The monoisotopic (exact) mass is 254 g/mol. The first-order chi connectivity index (χ1) is 9.42. The molecule has 0 atom stereocenters. The summed E-state index contributed by atoms with van der Waals surface area (Å²) in [6.07, 6.45) is 9.17. The molecule has 98 valence electrons. The predicted molar refractivity (Wildman–Crippen MR) is 74.2 cm³/mol. The van der Waals surface area contributed by atoms with Crippen molar-refractivity contribution in [2.75, 3.05) is 5.32 Å². The second kappa shape index (κ2) is 4.37. The van der Waals surface area contributed by atoms with Crippen molar-refractivity contribution in [3.63, 3.8) is 0 Å². The quantitative estimate of drug-likeness (QED) is 0.892. The highest BCUT2D eigenvalue weighted by Gasteiger charge is 2.41. The molecule has 1 aromatic carbocycles. The number of hydrogen-bond donors (Lipinski definition) is 1. The molecule has 1 heterocycles. The van der Waals surface area contributed by atoms with Crippen molar-refractivity contribution < 1.29 is 0 Å². The molecule has 19 heavy (non-hydrogen) atoms. The number of aromatic nitrogens is 3. The first-order valence-corrected chi connectivity index (χ1v) is 7.14. The Hall–Kier alpha value is -1.84. The summed E-state index contributed by atoms with van der Waals surface area (Å²) in [5.74, 6) is 1.77. The Balaban J connectivity index is 1.63. The molecule has 2 saturated carbocycles. The Labute approximate surface area is 112 Å². The molecule has 0 radical (unpaired) electrons. The number of nitrogens with one attached hydrogen (secondary N) is 1. The smallest absolute Gasteiger partial charge is 0.0894 e. The fraction of sp³-hybridized carbons (Fsp3) is 0.467. The van der Waals surface area contributed by atoms with Crippen molar-refractivity contribution in [1.82, 2.24) is 15.0 Å². The fourth-order valence-electron chi connectivity index (χ4n) is 2.84. The van der Waals surface area contributed by atoms with Gasteiger partial charge in [-0.1, -0.05) is 17.3 Å². The summed E-state index contributed by atoms with van der Waals surface area (Å²) < 4.78 is 1.83. The Morgan fingerprint density at radius 3 is 2.47 bits per heavy atom. The summed E-state index contributed by atoms with van der Waals surface area (Å²) in [5.41, 5.74) is 2.27. The molecule has 2 fully saturated rings. The average Bonchev–Trinajstić information content (AvgIpc) is 3.37. The number of benzene rings is 1. The van der Waals surface area contributed by atoms with Crippen molar-refractivity contribution in [3.05, 3.63) is 36.7 Å². The molecule has 0 saturated heterocycles. The molecular formula is C15H18N4. The van der Waals surface area contributed by atoms with Crippen molar-refractivity contribution in [1.29, 1.82) is 0 Å². The van der Waals surface area contributed by atoms with Crippen LogP contribution in [-0.4, -0.2) is 21.0 Å². The number of hydrogen-bond acceptors (Lipinski definition) is 3. The van der Waals surface area contributed by atoms with Crippen molar-refractivity contribution >= 4 is 5.69 Å². The maximum atomic E-state index is 4.10. The summed E-state index contributed by atoms with van der Waals surface area (Å²) in [5, 5.41) is 11.8. The van der Waals surface area contributed by atoms with E-state index in [9.17, 15) is 0 Å². The van der Waals surface area contributed by atoms with Crippen molar-refractivity contribution in [2.45, 2.75) is 31.7 Å². The summed E-state index contributed by atoms with van der Waals surface area (Å²) in [6.45, 7) is 0. The van der Waals surface area contributed by atoms with E-state index in [1.807, 2.05) is 16.9 Å². The number of nitrogens with zero attached hydrogens (tertiary/aromatic N) is 3. The molecule has 0 spiro atoms. The largest absolute Gasteiger partial charge is 0.380 e. The zero-order valence-electron chi connectivity index (χ0n) is 10.9. The van der Waals surface area contributed by atoms with Gasteiger partial charge in [0, 0.05) is 6.04 Å². The lowest BCUT2D eigenvalue weighted by Crippen LogP contribution is -2.25. The lowest BCUT2D eigenvalue weighted by molar-refractivity contribution is 0.567. The predicted octanol–water partition coefficient (Wildman–Crippen LogP) is 2.87. The van der Waals surface area contributed by atoms with Gasteiger partial charge in [0.05, 0.1) is 23.8 Å². The minimum Gasteiger partial charge on any atom is -0.380 e. The van der Waals surface area contributed by atoms with E-state index in [0.717, 1.165) is 17.5 Å². The molecule has 2 aliphatic rings. The van der Waals surface area contributed by atoms with Crippen LogP contribution in [0.3, 0.4) is 0 Å². The zero-order valence-corrected chi connectivity index (χ0v) is 10.9. The van der Waals surface area contributed by atoms with E-state index in [-0.39, 0.29) is 0 Å². The van der Waals surface area contributed by atoms with Crippen LogP contribution in [0.1, 0.15) is 25.7 Å². The van der Waals surface area contributed by atoms with Crippen LogP contribution in [0.25, 0.3) is 5.69 Å². The Kier molecular flexibility index (Phi) is 2.53. The van der Waals surface area contributed by atoms with Crippen molar-refractivity contribution in [3.8, 4) is 5.69 Å². The number of rotatable bonds is 5. The van der Waals surface area contributed by atoms with Gasteiger partial charge in [0.1, 0.15) is 0 Å².